The molecule has 3 aromatic rings. The Morgan fingerprint density at radius 2 is 1.31 bits per heavy atom. The van der Waals surface area contributed by atoms with E-state index < -0.39 is 12.1 Å². The molecule has 0 spiro atoms. The predicted octanol–water partition coefficient (Wildman–Crippen LogP) is 5.61. The first kappa shape index (κ1) is 18.0. The summed E-state index contributed by atoms with van der Waals surface area (Å²) in [6.07, 6.45) is -0.726. The molecule has 1 unspecified atom stereocenters. The summed E-state index contributed by atoms with van der Waals surface area (Å²) < 4.78 is 17.6. The van der Waals surface area contributed by atoms with Crippen LogP contribution in [0.15, 0.2) is 83.3 Å². The molecule has 0 aliphatic heterocycles. The molecule has 0 aliphatic rings. The number of hydrogen-bond acceptors (Lipinski definition) is 4. The molecule has 26 heavy (non-hydrogen) atoms. The van der Waals surface area contributed by atoms with Gasteiger partial charge in [0.05, 0.1) is 0 Å². The van der Waals surface area contributed by atoms with Crippen molar-refractivity contribution in [3.05, 3.63) is 83.3 Å². The van der Waals surface area contributed by atoms with E-state index in [9.17, 15) is 4.79 Å². The normalized spacial score (nSPS) is 11.5. The molecule has 0 N–H and O–H groups in total. The van der Waals surface area contributed by atoms with Gasteiger partial charge < -0.3 is 14.2 Å². The molecule has 3 rings (SSSR count). The Morgan fingerprint density at radius 3 is 1.96 bits per heavy atom. The van der Waals surface area contributed by atoms with Gasteiger partial charge in [-0.1, -0.05) is 34.1 Å². The van der Waals surface area contributed by atoms with Crippen molar-refractivity contribution < 1.29 is 19.0 Å². The lowest BCUT2D eigenvalue weighted by Crippen LogP contribution is -2.28. The second-order valence-corrected chi connectivity index (χ2v) is 6.44. The monoisotopic (exact) mass is 412 g/mol. The lowest BCUT2D eigenvalue weighted by molar-refractivity contribution is -0.141. The standard InChI is InChI=1S/C21H17BrO4/c1-15(24-18-9-7-16(22)8-10-18)21(23)26-20-13-11-19(12-14-20)25-17-5-3-2-4-6-17/h2-15H,1H3. The van der Waals surface area contributed by atoms with Gasteiger partial charge in [-0.05, 0) is 67.6 Å². The van der Waals surface area contributed by atoms with Gasteiger partial charge in [0, 0.05) is 4.47 Å². The molecular formula is C21H17BrO4. The lowest BCUT2D eigenvalue weighted by atomic mass is 10.3. The molecule has 0 heterocycles. The van der Waals surface area contributed by atoms with Gasteiger partial charge in [-0.25, -0.2) is 4.79 Å². The van der Waals surface area contributed by atoms with Crippen molar-refractivity contribution >= 4 is 21.9 Å². The van der Waals surface area contributed by atoms with Gasteiger partial charge in [0.25, 0.3) is 0 Å². The molecule has 0 radical (unpaired) electrons. The maximum atomic E-state index is 12.2. The molecule has 0 saturated carbocycles. The highest BCUT2D eigenvalue weighted by Crippen LogP contribution is 2.24. The second kappa shape index (κ2) is 8.54. The third-order valence-corrected chi connectivity index (χ3v) is 4.01. The van der Waals surface area contributed by atoms with Gasteiger partial charge >= 0.3 is 5.97 Å². The number of carbonyl (C=O) groups excluding carboxylic acids is 1. The zero-order valence-corrected chi connectivity index (χ0v) is 15.7. The van der Waals surface area contributed by atoms with Gasteiger partial charge in [-0.2, -0.15) is 0 Å². The molecule has 0 fully saturated rings. The summed E-state index contributed by atoms with van der Waals surface area (Å²) in [6, 6.07) is 23.6. The summed E-state index contributed by atoms with van der Waals surface area (Å²) in [6.45, 7) is 1.65. The van der Waals surface area contributed by atoms with Crippen molar-refractivity contribution in [2.75, 3.05) is 0 Å². The summed E-state index contributed by atoms with van der Waals surface area (Å²) in [5.41, 5.74) is 0. The number of esters is 1. The van der Waals surface area contributed by atoms with E-state index in [1.54, 1.807) is 43.3 Å². The zero-order valence-electron chi connectivity index (χ0n) is 14.1. The number of halogens is 1. The van der Waals surface area contributed by atoms with Crippen molar-refractivity contribution in [3.8, 4) is 23.0 Å². The van der Waals surface area contributed by atoms with E-state index in [0.717, 1.165) is 10.2 Å². The Hall–Kier alpha value is -2.79. The van der Waals surface area contributed by atoms with E-state index in [1.807, 2.05) is 42.5 Å². The largest absolute Gasteiger partial charge is 0.479 e. The van der Waals surface area contributed by atoms with Crippen LogP contribution in [0.3, 0.4) is 0 Å². The van der Waals surface area contributed by atoms with Gasteiger partial charge in [-0.3, -0.25) is 0 Å². The van der Waals surface area contributed by atoms with E-state index in [2.05, 4.69) is 15.9 Å². The molecule has 0 saturated heterocycles. The van der Waals surface area contributed by atoms with Crippen molar-refractivity contribution in [1.82, 2.24) is 0 Å². The van der Waals surface area contributed by atoms with Crippen LogP contribution in [0.25, 0.3) is 0 Å². The van der Waals surface area contributed by atoms with Crippen molar-refractivity contribution in [2.45, 2.75) is 13.0 Å². The van der Waals surface area contributed by atoms with Crippen molar-refractivity contribution in [1.29, 1.82) is 0 Å². The van der Waals surface area contributed by atoms with E-state index >= 15 is 0 Å². The van der Waals surface area contributed by atoms with Crippen LogP contribution >= 0.6 is 15.9 Å². The van der Waals surface area contributed by atoms with Crippen LogP contribution < -0.4 is 14.2 Å². The van der Waals surface area contributed by atoms with Gasteiger partial charge in [-0.15, -0.1) is 0 Å². The lowest BCUT2D eigenvalue weighted by Gasteiger charge is -2.14. The number of rotatable bonds is 6. The summed E-state index contributed by atoms with van der Waals surface area (Å²) >= 11 is 3.35. The number of carbonyl (C=O) groups is 1. The van der Waals surface area contributed by atoms with Crippen LogP contribution in [0.1, 0.15) is 6.92 Å². The fourth-order valence-corrected chi connectivity index (χ4v) is 2.43. The number of para-hydroxylation sites is 1. The molecule has 1 atom stereocenters. The minimum Gasteiger partial charge on any atom is -0.479 e. The minimum absolute atomic E-state index is 0.432. The molecule has 4 nitrogen and oxygen atoms in total. The van der Waals surface area contributed by atoms with Crippen molar-refractivity contribution in [3.63, 3.8) is 0 Å². The average molecular weight is 413 g/mol. The first-order valence-corrected chi connectivity index (χ1v) is 8.86. The topological polar surface area (TPSA) is 44.8 Å². The second-order valence-electron chi connectivity index (χ2n) is 5.52. The van der Waals surface area contributed by atoms with Crippen LogP contribution in [0.5, 0.6) is 23.0 Å². The molecule has 5 heteroatoms. The van der Waals surface area contributed by atoms with Crippen LogP contribution in [0.2, 0.25) is 0 Å². The predicted molar refractivity (Wildman–Crippen MR) is 103 cm³/mol. The Kier molecular flexibility index (Phi) is 5.92. The SMILES string of the molecule is CC(Oc1ccc(Br)cc1)C(=O)Oc1ccc(Oc2ccccc2)cc1. The maximum absolute atomic E-state index is 12.2. The highest BCUT2D eigenvalue weighted by molar-refractivity contribution is 9.10. The number of hydrogen-bond donors (Lipinski definition) is 0. The molecule has 0 aromatic heterocycles. The number of ether oxygens (including phenoxy) is 3. The van der Waals surface area contributed by atoms with Crippen LogP contribution in [-0.2, 0) is 4.79 Å². The molecule has 3 aromatic carbocycles. The summed E-state index contributed by atoms with van der Waals surface area (Å²) in [5.74, 6) is 1.97. The Bertz CT molecular complexity index is 845. The Morgan fingerprint density at radius 1 is 0.769 bits per heavy atom. The van der Waals surface area contributed by atoms with E-state index in [1.165, 1.54) is 0 Å². The quantitative estimate of drug-likeness (QED) is 0.389. The Labute approximate surface area is 160 Å². The van der Waals surface area contributed by atoms with Gasteiger partial charge in [0.2, 0.25) is 0 Å². The summed E-state index contributed by atoms with van der Waals surface area (Å²) in [4.78, 5) is 12.2. The molecule has 0 bridgehead atoms. The summed E-state index contributed by atoms with van der Waals surface area (Å²) in [5, 5.41) is 0. The molecule has 0 aliphatic carbocycles. The molecular weight excluding hydrogens is 396 g/mol. The third-order valence-electron chi connectivity index (χ3n) is 3.48. The maximum Gasteiger partial charge on any atom is 0.352 e. The summed E-state index contributed by atoms with van der Waals surface area (Å²) in [7, 11) is 0. The number of benzene rings is 3. The van der Waals surface area contributed by atoms with E-state index in [-0.39, 0.29) is 0 Å². The average Bonchev–Trinajstić information content (AvgIpc) is 2.66. The molecule has 0 amide bonds. The van der Waals surface area contributed by atoms with Crippen LogP contribution in [0, 0.1) is 0 Å². The fraction of sp³-hybridized carbons (Fsp3) is 0.0952. The van der Waals surface area contributed by atoms with E-state index in [4.69, 9.17) is 14.2 Å². The highest BCUT2D eigenvalue weighted by atomic mass is 79.9. The Balaban J connectivity index is 1.56. The zero-order chi connectivity index (χ0) is 18.4. The smallest absolute Gasteiger partial charge is 0.352 e. The third kappa shape index (κ3) is 5.10. The first-order chi connectivity index (χ1) is 12.6. The minimum atomic E-state index is -0.726. The van der Waals surface area contributed by atoms with Crippen LogP contribution in [0.4, 0.5) is 0 Å². The molecule has 132 valence electrons. The fourth-order valence-electron chi connectivity index (χ4n) is 2.16. The highest BCUT2D eigenvalue weighted by Gasteiger charge is 2.17. The van der Waals surface area contributed by atoms with Crippen LogP contribution in [-0.4, -0.2) is 12.1 Å². The van der Waals surface area contributed by atoms with E-state index in [0.29, 0.717) is 17.2 Å². The van der Waals surface area contributed by atoms with Gasteiger partial charge in [0.15, 0.2) is 6.10 Å². The van der Waals surface area contributed by atoms with Gasteiger partial charge in [0.1, 0.15) is 23.0 Å². The van der Waals surface area contributed by atoms with Crippen molar-refractivity contribution in [2.24, 2.45) is 0 Å². The first-order valence-electron chi connectivity index (χ1n) is 8.07.